The van der Waals surface area contributed by atoms with Gasteiger partial charge in [-0.3, -0.25) is 14.4 Å². The molecule has 0 radical (unpaired) electrons. The quantitative estimate of drug-likeness (QED) is 0.254. The van der Waals surface area contributed by atoms with Gasteiger partial charge < -0.3 is 26.4 Å². The summed E-state index contributed by atoms with van der Waals surface area (Å²) in [7, 11) is 1.75. The molecule has 1 heterocycles. The van der Waals surface area contributed by atoms with Crippen molar-refractivity contribution in [3.63, 3.8) is 0 Å². The third-order valence-corrected chi connectivity index (χ3v) is 6.81. The Bertz CT molecular complexity index is 863. The van der Waals surface area contributed by atoms with Crippen LogP contribution in [-0.4, -0.2) is 66.6 Å². The molecule has 8 nitrogen and oxygen atoms in total. The molecule has 0 aromatic heterocycles. The Morgan fingerprint density at radius 2 is 1.91 bits per heavy atom. The van der Waals surface area contributed by atoms with Crippen LogP contribution in [0.2, 0.25) is 0 Å². The summed E-state index contributed by atoms with van der Waals surface area (Å²) in [5.41, 5.74) is 2.30. The number of carbonyl (C=O) groups excluding carboxylic acids is 2. The Morgan fingerprint density at radius 1 is 1.18 bits per heavy atom. The summed E-state index contributed by atoms with van der Waals surface area (Å²) < 4.78 is 0. The average Bonchev–Trinajstić information content (AvgIpc) is 3.21. The van der Waals surface area contributed by atoms with Crippen LogP contribution in [0.3, 0.4) is 0 Å². The van der Waals surface area contributed by atoms with Gasteiger partial charge in [-0.2, -0.15) is 11.8 Å². The van der Waals surface area contributed by atoms with Crippen molar-refractivity contribution in [1.29, 1.82) is 0 Å². The molecule has 0 bridgehead atoms. The van der Waals surface area contributed by atoms with Gasteiger partial charge >= 0.3 is 5.97 Å². The maximum Gasteiger partial charge on any atom is 0.303 e. The van der Waals surface area contributed by atoms with Crippen molar-refractivity contribution < 1.29 is 19.5 Å². The second-order valence-corrected chi connectivity index (χ2v) is 9.74. The lowest BCUT2D eigenvalue weighted by Crippen LogP contribution is -2.47. The SMILES string of the molecule is CNC(CC1CNc2ccccc21)C(=O)NC(/C=C/C(C)C(=O)NC(C)CSC)CCC(=O)O. The van der Waals surface area contributed by atoms with Gasteiger partial charge in [0, 0.05) is 42.4 Å². The number of para-hydroxylation sites is 1. The first-order valence-electron chi connectivity index (χ1n) is 11.7. The molecule has 9 heteroatoms. The highest BCUT2D eigenvalue weighted by atomic mass is 32.2. The highest BCUT2D eigenvalue weighted by Crippen LogP contribution is 2.34. The molecule has 5 unspecified atom stereocenters. The van der Waals surface area contributed by atoms with Gasteiger partial charge in [-0.05, 0) is 44.7 Å². The summed E-state index contributed by atoms with van der Waals surface area (Å²) in [6.45, 7) is 4.51. The summed E-state index contributed by atoms with van der Waals surface area (Å²) in [6, 6.07) is 7.26. The number of benzene rings is 1. The minimum Gasteiger partial charge on any atom is -0.481 e. The third-order valence-electron chi connectivity index (χ3n) is 5.97. The first-order valence-corrected chi connectivity index (χ1v) is 13.1. The predicted octanol–water partition coefficient (Wildman–Crippen LogP) is 2.58. The van der Waals surface area contributed by atoms with Crippen LogP contribution in [0.5, 0.6) is 0 Å². The van der Waals surface area contributed by atoms with Crippen LogP contribution in [-0.2, 0) is 14.4 Å². The van der Waals surface area contributed by atoms with Crippen molar-refractivity contribution in [3.8, 4) is 0 Å². The van der Waals surface area contributed by atoms with Crippen LogP contribution in [0, 0.1) is 5.92 Å². The second-order valence-electron chi connectivity index (χ2n) is 8.83. The minimum absolute atomic E-state index is 0.0625. The van der Waals surface area contributed by atoms with E-state index in [1.807, 2.05) is 31.4 Å². The summed E-state index contributed by atoms with van der Waals surface area (Å²) in [5, 5.41) is 21.5. The smallest absolute Gasteiger partial charge is 0.303 e. The van der Waals surface area contributed by atoms with Gasteiger partial charge in [0.1, 0.15) is 0 Å². The number of nitrogens with one attached hydrogen (secondary N) is 4. The average molecular weight is 491 g/mol. The first-order chi connectivity index (χ1) is 16.2. The van der Waals surface area contributed by atoms with E-state index in [1.54, 1.807) is 37.9 Å². The molecule has 0 fully saturated rings. The number of hydrogen-bond acceptors (Lipinski definition) is 6. The van der Waals surface area contributed by atoms with E-state index in [1.165, 1.54) is 5.56 Å². The van der Waals surface area contributed by atoms with Crippen molar-refractivity contribution in [1.82, 2.24) is 16.0 Å². The van der Waals surface area contributed by atoms with Crippen LogP contribution < -0.4 is 21.3 Å². The highest BCUT2D eigenvalue weighted by molar-refractivity contribution is 7.98. The minimum atomic E-state index is -0.928. The summed E-state index contributed by atoms with van der Waals surface area (Å²) in [4.78, 5) is 36.6. The third kappa shape index (κ3) is 8.68. The highest BCUT2D eigenvalue weighted by Gasteiger charge is 2.28. The molecule has 188 valence electrons. The zero-order chi connectivity index (χ0) is 25.1. The summed E-state index contributed by atoms with van der Waals surface area (Å²) in [5.74, 6) is -0.567. The van der Waals surface area contributed by atoms with Gasteiger partial charge in [-0.1, -0.05) is 37.3 Å². The normalized spacial score (nSPS) is 18.4. The second kappa shape index (κ2) is 14.0. The van der Waals surface area contributed by atoms with Crippen molar-refractivity contribution in [2.24, 2.45) is 5.92 Å². The van der Waals surface area contributed by atoms with E-state index in [0.29, 0.717) is 6.42 Å². The van der Waals surface area contributed by atoms with Crippen molar-refractivity contribution >= 4 is 35.2 Å². The van der Waals surface area contributed by atoms with Crippen molar-refractivity contribution in [3.05, 3.63) is 42.0 Å². The Labute approximate surface area is 206 Å². The fraction of sp³-hybridized carbons (Fsp3) is 0.560. The number of rotatable bonds is 14. The monoisotopic (exact) mass is 490 g/mol. The zero-order valence-electron chi connectivity index (χ0n) is 20.5. The lowest BCUT2D eigenvalue weighted by Gasteiger charge is -2.23. The van der Waals surface area contributed by atoms with E-state index in [4.69, 9.17) is 5.11 Å². The topological polar surface area (TPSA) is 120 Å². The Hall–Kier alpha value is -2.52. The maximum atomic E-state index is 13.1. The molecule has 5 atom stereocenters. The van der Waals surface area contributed by atoms with Crippen LogP contribution in [0.1, 0.15) is 44.6 Å². The van der Waals surface area contributed by atoms with E-state index in [9.17, 15) is 14.4 Å². The van der Waals surface area contributed by atoms with E-state index >= 15 is 0 Å². The van der Waals surface area contributed by atoms with Gasteiger partial charge in [0.25, 0.3) is 0 Å². The maximum absolute atomic E-state index is 13.1. The number of aliphatic carboxylic acids is 1. The summed E-state index contributed by atoms with van der Waals surface area (Å²) >= 11 is 1.66. The van der Waals surface area contributed by atoms with Crippen LogP contribution in [0.25, 0.3) is 0 Å². The number of likely N-dealkylation sites (N-methyl/N-ethyl adjacent to an activating group) is 1. The van der Waals surface area contributed by atoms with Gasteiger partial charge in [-0.15, -0.1) is 0 Å². The Kier molecular flexibility index (Phi) is 11.4. The molecular weight excluding hydrogens is 452 g/mol. The number of amides is 2. The fourth-order valence-electron chi connectivity index (χ4n) is 4.04. The number of carboxylic acids is 1. The lowest BCUT2D eigenvalue weighted by atomic mass is 9.93. The molecule has 5 N–H and O–H groups in total. The fourth-order valence-corrected chi connectivity index (χ4v) is 4.62. The molecule has 1 aromatic rings. The lowest BCUT2D eigenvalue weighted by molar-refractivity contribution is -0.137. The van der Waals surface area contributed by atoms with Gasteiger partial charge in [-0.25, -0.2) is 0 Å². The van der Waals surface area contributed by atoms with Crippen LogP contribution in [0.4, 0.5) is 5.69 Å². The first kappa shape index (κ1) is 27.7. The van der Waals surface area contributed by atoms with E-state index in [-0.39, 0.29) is 36.6 Å². The largest absolute Gasteiger partial charge is 0.481 e. The number of thioether (sulfide) groups is 1. The van der Waals surface area contributed by atoms with Crippen LogP contribution >= 0.6 is 11.8 Å². The van der Waals surface area contributed by atoms with E-state index in [2.05, 4.69) is 27.3 Å². The molecule has 1 aliphatic rings. The summed E-state index contributed by atoms with van der Waals surface area (Å²) in [6.07, 6.45) is 6.25. The molecule has 2 rings (SSSR count). The zero-order valence-corrected chi connectivity index (χ0v) is 21.3. The number of carbonyl (C=O) groups is 3. The molecule has 0 saturated carbocycles. The molecule has 34 heavy (non-hydrogen) atoms. The molecule has 0 spiro atoms. The molecule has 1 aromatic carbocycles. The van der Waals surface area contributed by atoms with Gasteiger partial charge in [0.05, 0.1) is 12.0 Å². The Morgan fingerprint density at radius 3 is 2.59 bits per heavy atom. The van der Waals surface area contributed by atoms with Gasteiger partial charge in [0.2, 0.25) is 11.8 Å². The standard InChI is InChI=1S/C25H38N4O4S/c1-16(24(32)28-17(2)15-34-4)9-10-19(11-12-23(30)31)29-25(33)22(26-3)13-18-14-27-21-8-6-5-7-20(18)21/h5-10,16-19,22,26-27H,11-15H2,1-4H3,(H,28,32)(H,29,33)(H,30,31)/b10-9+. The van der Waals surface area contributed by atoms with Crippen molar-refractivity contribution in [2.45, 2.75) is 57.2 Å². The number of hydrogen-bond donors (Lipinski definition) is 5. The Balaban J connectivity index is 2.01. The molecule has 0 aliphatic carbocycles. The van der Waals surface area contributed by atoms with E-state index < -0.39 is 24.0 Å². The van der Waals surface area contributed by atoms with Gasteiger partial charge in [0.15, 0.2) is 0 Å². The molecule has 0 saturated heterocycles. The number of anilines is 1. The number of fused-ring (bicyclic) bond motifs is 1. The molecular formula is C25H38N4O4S. The van der Waals surface area contributed by atoms with Crippen molar-refractivity contribution in [2.75, 3.05) is 30.9 Å². The van der Waals surface area contributed by atoms with Crippen LogP contribution in [0.15, 0.2) is 36.4 Å². The molecule has 1 aliphatic heterocycles. The predicted molar refractivity (Wildman–Crippen MR) is 138 cm³/mol. The van der Waals surface area contributed by atoms with E-state index in [0.717, 1.165) is 18.0 Å². The molecule has 2 amide bonds. The number of carboxylic acid groups (broad SMARTS) is 1.